The molecule has 1 heterocycles. The van der Waals surface area contributed by atoms with E-state index in [1.54, 1.807) is 16.7 Å². The van der Waals surface area contributed by atoms with Gasteiger partial charge in [-0.2, -0.15) is 0 Å². The molecule has 6 aliphatic carbocycles. The van der Waals surface area contributed by atoms with E-state index in [2.05, 4.69) is 80.3 Å². The lowest BCUT2D eigenvalue weighted by atomic mass is 9.57. The van der Waals surface area contributed by atoms with Crippen LogP contribution in [0.5, 0.6) is 0 Å². The molecule has 246 valence electrons. The van der Waals surface area contributed by atoms with Gasteiger partial charge in [0.15, 0.2) is 0 Å². The molecule has 0 saturated heterocycles. The highest BCUT2D eigenvalue weighted by Gasteiger charge is 2.43. The predicted molar refractivity (Wildman–Crippen MR) is 198 cm³/mol. The molecule has 0 bridgehead atoms. The van der Waals surface area contributed by atoms with Crippen molar-refractivity contribution < 1.29 is 0 Å². The second kappa shape index (κ2) is 15.2. The van der Waals surface area contributed by atoms with Gasteiger partial charge in [0.25, 0.3) is 0 Å². The van der Waals surface area contributed by atoms with Crippen molar-refractivity contribution in [1.29, 1.82) is 0 Å². The fourth-order valence-electron chi connectivity index (χ4n) is 11.0. The molecule has 1 saturated carbocycles. The number of hydrogen-bond donors (Lipinski definition) is 0. The summed E-state index contributed by atoms with van der Waals surface area (Å²) in [6.07, 6.45) is 50.2. The first-order valence-electron chi connectivity index (χ1n) is 19.7. The number of rotatable bonds is 10. The van der Waals surface area contributed by atoms with Crippen LogP contribution in [0.25, 0.3) is 0 Å². The smallest absolute Gasteiger partial charge is 0.0604 e. The molecule has 1 fully saturated rings. The zero-order chi connectivity index (χ0) is 31.3. The molecule has 0 spiro atoms. The Labute approximate surface area is 281 Å². The standard InChI is InChI=1S/C45H61N/c1-3-33(36-18-12-19-37(28-36)45-22-13-27-46-45)24-23-32(2)41-25-26-42(44-21-11-10-20-43(41)44)40-30-38(34-14-6-4-7-15-34)29-39(31-40)35-16-8-5-9-17-35/h3,6,13-16,19,22,25-26,30,32-33,36,39-44H,1,4-5,7-12,17-18,20-21,23-24,27-29,31H2,2H3. The Hall–Kier alpha value is -2.41. The summed E-state index contributed by atoms with van der Waals surface area (Å²) < 4.78 is 0. The Balaban J connectivity index is 1.05. The third-order valence-electron chi connectivity index (χ3n) is 13.5. The monoisotopic (exact) mass is 615 g/mol. The van der Waals surface area contributed by atoms with Crippen LogP contribution in [0, 0.1) is 53.3 Å². The van der Waals surface area contributed by atoms with Gasteiger partial charge < -0.3 is 0 Å². The molecule has 0 amide bonds. The molecule has 46 heavy (non-hydrogen) atoms. The molecule has 0 aromatic carbocycles. The van der Waals surface area contributed by atoms with Gasteiger partial charge in [0, 0.05) is 0 Å². The van der Waals surface area contributed by atoms with Crippen molar-refractivity contribution in [3.8, 4) is 0 Å². The van der Waals surface area contributed by atoms with Crippen LogP contribution in [0.4, 0.5) is 0 Å². The van der Waals surface area contributed by atoms with Crippen LogP contribution < -0.4 is 0 Å². The minimum atomic E-state index is 0.625. The summed E-state index contributed by atoms with van der Waals surface area (Å²) in [6.45, 7) is 7.82. The van der Waals surface area contributed by atoms with Crippen LogP contribution in [0.3, 0.4) is 0 Å². The number of aliphatic imine (C=N–C) groups is 1. The van der Waals surface area contributed by atoms with Crippen molar-refractivity contribution in [3.63, 3.8) is 0 Å². The lowest BCUT2D eigenvalue weighted by molar-refractivity contribution is 0.0782. The molecular weight excluding hydrogens is 555 g/mol. The maximum atomic E-state index is 4.74. The molecule has 0 aromatic rings. The molecule has 0 aromatic heterocycles. The van der Waals surface area contributed by atoms with Crippen molar-refractivity contribution in [2.45, 2.75) is 116 Å². The first-order chi connectivity index (χ1) is 22.7. The SMILES string of the molecule is C=CC(CCC(C)C1C=CC(C2C=C(C3=CCCC=C3)CC(C3=CCCCC3)C2)C2CCCCC12)C1CCC=C(C2=NCC=C2)C1. The van der Waals surface area contributed by atoms with Gasteiger partial charge in [-0.25, -0.2) is 0 Å². The zero-order valence-electron chi connectivity index (χ0n) is 28.9. The van der Waals surface area contributed by atoms with Crippen LogP contribution in [0.2, 0.25) is 0 Å². The van der Waals surface area contributed by atoms with Crippen LogP contribution in [0.1, 0.15) is 116 Å². The third-order valence-corrected chi connectivity index (χ3v) is 13.5. The van der Waals surface area contributed by atoms with Crippen LogP contribution in [-0.2, 0) is 0 Å². The van der Waals surface area contributed by atoms with Crippen LogP contribution in [-0.4, -0.2) is 12.3 Å². The lowest BCUT2D eigenvalue weighted by Gasteiger charge is -2.48. The highest BCUT2D eigenvalue weighted by molar-refractivity contribution is 6.09. The van der Waals surface area contributed by atoms with Crippen molar-refractivity contribution in [1.82, 2.24) is 0 Å². The second-order valence-electron chi connectivity index (χ2n) is 16.2. The normalized spacial score (nSPS) is 35.7. The molecule has 7 aliphatic rings. The maximum absolute atomic E-state index is 4.74. The van der Waals surface area contributed by atoms with E-state index in [0.717, 1.165) is 48.0 Å². The van der Waals surface area contributed by atoms with E-state index < -0.39 is 0 Å². The van der Waals surface area contributed by atoms with Crippen LogP contribution >= 0.6 is 0 Å². The second-order valence-corrected chi connectivity index (χ2v) is 16.2. The summed E-state index contributed by atoms with van der Waals surface area (Å²) in [7, 11) is 0. The summed E-state index contributed by atoms with van der Waals surface area (Å²) in [5.74, 6) is 6.77. The molecule has 9 unspecified atom stereocenters. The fourth-order valence-corrected chi connectivity index (χ4v) is 11.0. The minimum absolute atomic E-state index is 0.625. The first kappa shape index (κ1) is 32.2. The van der Waals surface area contributed by atoms with Gasteiger partial charge in [0.05, 0.1) is 12.3 Å². The van der Waals surface area contributed by atoms with E-state index in [4.69, 9.17) is 4.99 Å². The average Bonchev–Trinajstić information content (AvgIpc) is 3.68. The Morgan fingerprint density at radius 3 is 2.54 bits per heavy atom. The third kappa shape index (κ3) is 7.19. The molecular formula is C45H61N. The van der Waals surface area contributed by atoms with Gasteiger partial charge in [0.2, 0.25) is 0 Å². The Morgan fingerprint density at radius 1 is 0.848 bits per heavy atom. The molecule has 1 aliphatic heterocycles. The van der Waals surface area contributed by atoms with Gasteiger partial charge in [-0.15, -0.1) is 6.58 Å². The molecule has 0 N–H and O–H groups in total. The molecule has 7 rings (SSSR count). The molecule has 9 atom stereocenters. The fraction of sp³-hybridized carbons (Fsp3) is 0.622. The molecule has 0 radical (unpaired) electrons. The Morgan fingerprint density at radius 2 is 1.76 bits per heavy atom. The maximum Gasteiger partial charge on any atom is 0.0604 e. The van der Waals surface area contributed by atoms with E-state index in [-0.39, 0.29) is 0 Å². The average molecular weight is 616 g/mol. The Kier molecular flexibility index (Phi) is 10.6. The van der Waals surface area contributed by atoms with Crippen molar-refractivity contribution >= 4 is 5.71 Å². The number of allylic oxidation sites excluding steroid dienone is 14. The Bertz CT molecular complexity index is 1340. The zero-order valence-corrected chi connectivity index (χ0v) is 28.9. The summed E-state index contributed by atoms with van der Waals surface area (Å²) in [6, 6.07) is 0. The molecule has 1 nitrogen and oxygen atoms in total. The van der Waals surface area contributed by atoms with E-state index >= 15 is 0 Å². The largest absolute Gasteiger partial charge is 0.281 e. The van der Waals surface area contributed by atoms with E-state index in [1.165, 1.54) is 120 Å². The van der Waals surface area contributed by atoms with Crippen molar-refractivity contribution in [2.24, 2.45) is 58.3 Å². The van der Waals surface area contributed by atoms with Gasteiger partial charge in [-0.3, -0.25) is 4.99 Å². The number of fused-ring (bicyclic) bond motifs is 1. The summed E-state index contributed by atoms with van der Waals surface area (Å²) in [5, 5.41) is 0. The van der Waals surface area contributed by atoms with Gasteiger partial charge >= 0.3 is 0 Å². The van der Waals surface area contributed by atoms with Gasteiger partial charge in [-0.05, 0) is 172 Å². The van der Waals surface area contributed by atoms with E-state index in [0.29, 0.717) is 11.8 Å². The topological polar surface area (TPSA) is 12.4 Å². The lowest BCUT2D eigenvalue weighted by Crippen LogP contribution is -2.40. The summed E-state index contributed by atoms with van der Waals surface area (Å²) in [4.78, 5) is 4.74. The highest BCUT2D eigenvalue weighted by Crippen LogP contribution is 2.52. The van der Waals surface area contributed by atoms with Crippen LogP contribution in [0.15, 0.2) is 101 Å². The summed E-state index contributed by atoms with van der Waals surface area (Å²) >= 11 is 0. The van der Waals surface area contributed by atoms with E-state index in [1.807, 2.05) is 0 Å². The number of hydrogen-bond acceptors (Lipinski definition) is 1. The molecule has 1 heteroatoms. The van der Waals surface area contributed by atoms with Gasteiger partial charge in [0.1, 0.15) is 0 Å². The summed E-state index contributed by atoms with van der Waals surface area (Å²) in [5.41, 5.74) is 7.77. The van der Waals surface area contributed by atoms with Crippen molar-refractivity contribution in [3.05, 3.63) is 95.7 Å². The predicted octanol–water partition coefficient (Wildman–Crippen LogP) is 12.3. The van der Waals surface area contributed by atoms with Crippen molar-refractivity contribution in [2.75, 3.05) is 6.54 Å². The highest BCUT2D eigenvalue weighted by atomic mass is 14.7. The first-order valence-corrected chi connectivity index (χ1v) is 19.7. The number of nitrogens with zero attached hydrogens (tertiary/aromatic N) is 1. The minimum Gasteiger partial charge on any atom is -0.281 e. The van der Waals surface area contributed by atoms with Gasteiger partial charge in [-0.1, -0.05) is 86.1 Å². The quantitative estimate of drug-likeness (QED) is 0.217. The van der Waals surface area contributed by atoms with E-state index in [9.17, 15) is 0 Å².